The third-order valence-electron chi connectivity index (χ3n) is 3.83. The maximum atomic E-state index is 13.9. The Kier molecular flexibility index (Phi) is 3.82. The topological polar surface area (TPSA) is 47.0 Å². The zero-order valence-electron chi connectivity index (χ0n) is 11.9. The molecule has 1 aliphatic carbocycles. The van der Waals surface area contributed by atoms with Crippen LogP contribution in [0.25, 0.3) is 0 Å². The van der Waals surface area contributed by atoms with Crippen LogP contribution < -0.4 is 0 Å². The number of hydrogen-bond donors (Lipinski definition) is 1. The van der Waals surface area contributed by atoms with Crippen molar-refractivity contribution in [2.75, 3.05) is 6.61 Å². The number of aromatic nitrogens is 2. The van der Waals surface area contributed by atoms with Crippen molar-refractivity contribution >= 4 is 18.2 Å². The molecule has 22 heavy (non-hydrogen) atoms. The van der Waals surface area contributed by atoms with Crippen LogP contribution in [0.5, 0.6) is 0 Å². The van der Waals surface area contributed by atoms with Gasteiger partial charge in [0.25, 0.3) is 0 Å². The number of hydrogen-bond acceptors (Lipinski definition) is 3. The van der Waals surface area contributed by atoms with Gasteiger partial charge in [0.05, 0.1) is 12.6 Å². The molecule has 1 aromatic carbocycles. The zero-order chi connectivity index (χ0) is 15.9. The summed E-state index contributed by atoms with van der Waals surface area (Å²) in [6.07, 6.45) is 2.49. The molecule has 1 atom stereocenters. The Morgan fingerprint density at radius 2 is 2.27 bits per heavy atom. The summed E-state index contributed by atoms with van der Waals surface area (Å²) in [5, 5.41) is 0. The number of nitrogens with zero attached hydrogens (tertiary/aromatic N) is 1. The van der Waals surface area contributed by atoms with Crippen molar-refractivity contribution in [2.45, 2.75) is 25.8 Å². The minimum absolute atomic E-state index is 0.237. The molecule has 2 aromatic rings. The highest BCUT2D eigenvalue weighted by molar-refractivity contribution is 7.71. The second kappa shape index (κ2) is 5.64. The molecule has 4 nitrogen and oxygen atoms in total. The summed E-state index contributed by atoms with van der Waals surface area (Å²) in [5.41, 5.74) is 1.26. The summed E-state index contributed by atoms with van der Waals surface area (Å²) in [6.45, 7) is 1.94. The molecule has 0 radical (unpaired) electrons. The molecule has 0 bridgehead atoms. The van der Waals surface area contributed by atoms with Gasteiger partial charge in [-0.3, -0.25) is 0 Å². The quantitative estimate of drug-likeness (QED) is 0.694. The van der Waals surface area contributed by atoms with Crippen LogP contribution >= 0.6 is 12.2 Å². The first-order valence-corrected chi connectivity index (χ1v) is 7.38. The van der Waals surface area contributed by atoms with Gasteiger partial charge in [-0.15, -0.1) is 0 Å². The van der Waals surface area contributed by atoms with E-state index in [1.165, 1.54) is 12.3 Å². The van der Waals surface area contributed by atoms with Crippen LogP contribution in [0.4, 0.5) is 8.78 Å². The highest BCUT2D eigenvalue weighted by Crippen LogP contribution is 2.37. The predicted molar refractivity (Wildman–Crippen MR) is 78.4 cm³/mol. The van der Waals surface area contributed by atoms with Crippen molar-refractivity contribution < 1.29 is 18.3 Å². The maximum Gasteiger partial charge on any atom is 0.356 e. The van der Waals surface area contributed by atoms with E-state index < -0.39 is 17.6 Å². The van der Waals surface area contributed by atoms with E-state index in [1.807, 2.05) is 0 Å². The van der Waals surface area contributed by atoms with Crippen LogP contribution in [0, 0.1) is 16.4 Å². The van der Waals surface area contributed by atoms with E-state index in [4.69, 9.17) is 17.0 Å². The van der Waals surface area contributed by atoms with Gasteiger partial charge >= 0.3 is 5.97 Å². The van der Waals surface area contributed by atoms with E-state index in [9.17, 15) is 13.6 Å². The minimum Gasteiger partial charge on any atom is -0.461 e. The summed E-state index contributed by atoms with van der Waals surface area (Å²) in [7, 11) is 0. The van der Waals surface area contributed by atoms with E-state index in [0.29, 0.717) is 28.7 Å². The lowest BCUT2D eigenvalue weighted by Gasteiger charge is -2.16. The normalized spacial score (nSPS) is 16.6. The van der Waals surface area contributed by atoms with E-state index in [-0.39, 0.29) is 18.3 Å². The molecule has 0 saturated carbocycles. The molecule has 1 unspecified atom stereocenters. The number of ether oxygens (including phenoxy) is 1. The number of carbonyl (C=O) groups is 1. The number of aromatic amines is 1. The van der Waals surface area contributed by atoms with E-state index in [0.717, 1.165) is 6.07 Å². The molecule has 0 aliphatic heterocycles. The number of benzene rings is 1. The van der Waals surface area contributed by atoms with Crippen molar-refractivity contribution in [2.24, 2.45) is 0 Å². The predicted octanol–water partition coefficient (Wildman–Crippen LogP) is 3.54. The Morgan fingerprint density at radius 3 is 3.00 bits per heavy atom. The van der Waals surface area contributed by atoms with Crippen molar-refractivity contribution in [3.63, 3.8) is 0 Å². The van der Waals surface area contributed by atoms with Gasteiger partial charge in [-0.1, -0.05) is 0 Å². The van der Waals surface area contributed by atoms with Gasteiger partial charge in [0.15, 0.2) is 4.77 Å². The molecule has 1 aliphatic rings. The number of carbonyl (C=O) groups excluding carboxylic acids is 1. The smallest absolute Gasteiger partial charge is 0.356 e. The molecular weight excluding hydrogens is 310 g/mol. The largest absolute Gasteiger partial charge is 0.461 e. The maximum absolute atomic E-state index is 13.9. The monoisotopic (exact) mass is 324 g/mol. The van der Waals surface area contributed by atoms with E-state index in [2.05, 4.69) is 4.98 Å². The third kappa shape index (κ3) is 2.35. The van der Waals surface area contributed by atoms with Crippen LogP contribution in [0.15, 0.2) is 18.3 Å². The minimum atomic E-state index is -0.636. The molecule has 1 N–H and O–H groups in total. The number of esters is 1. The zero-order valence-corrected chi connectivity index (χ0v) is 12.7. The van der Waals surface area contributed by atoms with E-state index in [1.54, 1.807) is 11.5 Å². The van der Waals surface area contributed by atoms with Gasteiger partial charge in [-0.25, -0.2) is 13.6 Å². The first-order chi connectivity index (χ1) is 10.5. The highest BCUT2D eigenvalue weighted by Gasteiger charge is 2.30. The first kappa shape index (κ1) is 14.9. The fourth-order valence-corrected chi connectivity index (χ4v) is 3.22. The standard InChI is InChI=1S/C15H14F2N2O2S/c1-2-21-14(20)13-7-18-15(22)19(13)12-4-3-9-10(12)5-8(16)6-11(9)17/h5-7,12H,2-4H2,1H3,(H,18,22). The molecule has 0 amide bonds. The summed E-state index contributed by atoms with van der Waals surface area (Å²) >= 11 is 5.22. The lowest BCUT2D eigenvalue weighted by Crippen LogP contribution is -2.17. The number of H-pyrrole nitrogens is 1. The second-order valence-electron chi connectivity index (χ2n) is 5.08. The average Bonchev–Trinajstić information content (AvgIpc) is 3.02. The lowest BCUT2D eigenvalue weighted by molar-refractivity contribution is 0.0512. The third-order valence-corrected chi connectivity index (χ3v) is 4.14. The molecule has 0 spiro atoms. The van der Waals surface area contributed by atoms with Crippen LogP contribution in [0.2, 0.25) is 0 Å². The van der Waals surface area contributed by atoms with Crippen LogP contribution in [-0.4, -0.2) is 22.1 Å². The summed E-state index contributed by atoms with van der Waals surface area (Å²) < 4.78 is 34.3. The fourth-order valence-electron chi connectivity index (χ4n) is 2.94. The van der Waals surface area contributed by atoms with Gasteiger partial charge < -0.3 is 14.3 Å². The van der Waals surface area contributed by atoms with Crippen molar-refractivity contribution in [1.29, 1.82) is 0 Å². The van der Waals surface area contributed by atoms with E-state index >= 15 is 0 Å². The SMILES string of the molecule is CCOC(=O)c1c[nH]c(=S)n1C1CCc2c(F)cc(F)cc21. The Hall–Kier alpha value is -2.02. The molecule has 1 heterocycles. The van der Waals surface area contributed by atoms with Gasteiger partial charge in [-0.2, -0.15) is 0 Å². The number of imidazole rings is 1. The highest BCUT2D eigenvalue weighted by atomic mass is 32.1. The number of fused-ring (bicyclic) bond motifs is 1. The van der Waals surface area contributed by atoms with Gasteiger partial charge in [0, 0.05) is 12.3 Å². The van der Waals surface area contributed by atoms with Gasteiger partial charge in [0.2, 0.25) is 0 Å². The summed E-state index contributed by atoms with van der Waals surface area (Å²) in [6, 6.07) is 1.81. The average molecular weight is 324 g/mol. The summed E-state index contributed by atoms with van der Waals surface area (Å²) in [4.78, 5) is 14.8. The molecule has 3 rings (SSSR count). The fraction of sp³-hybridized carbons (Fsp3) is 0.333. The van der Waals surface area contributed by atoms with Crippen molar-refractivity contribution in [3.05, 3.63) is 51.6 Å². The number of rotatable bonds is 3. The number of halogens is 2. The van der Waals surface area contributed by atoms with Gasteiger partial charge in [-0.05, 0) is 49.2 Å². The molecular formula is C15H14F2N2O2S. The van der Waals surface area contributed by atoms with Crippen LogP contribution in [0.1, 0.15) is 41.0 Å². The Bertz CT molecular complexity index is 797. The molecule has 7 heteroatoms. The van der Waals surface area contributed by atoms with Crippen LogP contribution in [-0.2, 0) is 11.2 Å². The number of nitrogens with one attached hydrogen (secondary N) is 1. The Labute approximate surface area is 130 Å². The van der Waals surface area contributed by atoms with Crippen molar-refractivity contribution in [3.8, 4) is 0 Å². The molecule has 0 saturated heterocycles. The Morgan fingerprint density at radius 1 is 1.50 bits per heavy atom. The van der Waals surface area contributed by atoms with Crippen molar-refractivity contribution in [1.82, 2.24) is 9.55 Å². The Balaban J connectivity index is 2.11. The lowest BCUT2D eigenvalue weighted by atomic mass is 10.1. The van der Waals surface area contributed by atoms with Gasteiger partial charge in [0.1, 0.15) is 17.3 Å². The first-order valence-electron chi connectivity index (χ1n) is 6.97. The summed E-state index contributed by atoms with van der Waals surface area (Å²) in [5.74, 6) is -1.71. The molecule has 1 aromatic heterocycles. The van der Waals surface area contributed by atoms with Crippen LogP contribution in [0.3, 0.4) is 0 Å². The molecule has 0 fully saturated rings. The second-order valence-corrected chi connectivity index (χ2v) is 5.47. The molecule has 116 valence electrons.